The van der Waals surface area contributed by atoms with Crippen LogP contribution in [0, 0.1) is 10.5 Å². The molecular weight excluding hydrogens is 362 g/mol. The molecule has 0 radical (unpaired) electrons. The highest BCUT2D eigenvalue weighted by Crippen LogP contribution is 2.38. The lowest BCUT2D eigenvalue weighted by molar-refractivity contribution is -0.557. The molecule has 0 aromatic heterocycles. The van der Waals surface area contributed by atoms with E-state index in [-0.39, 0.29) is 21.2 Å². The highest BCUT2D eigenvalue weighted by atomic mass is 127. The standard InChI is InChI=1S/C15H18ClFI/c1-12-4-6-14(7-5-12)18-11-13(16)10-15(17)8-2-3-9-15/h4-7,11H,2-3,8-10H2,1H3/q+1/b13-11-. The minimum absolute atomic E-state index is 0.232. The summed E-state index contributed by atoms with van der Waals surface area (Å²) in [6, 6.07) is 8.52. The molecule has 0 heterocycles. The molecule has 0 spiro atoms. The van der Waals surface area contributed by atoms with Gasteiger partial charge in [-0.15, -0.1) is 0 Å². The van der Waals surface area contributed by atoms with E-state index in [0.29, 0.717) is 24.3 Å². The molecule has 1 fully saturated rings. The lowest BCUT2D eigenvalue weighted by atomic mass is 10.0. The van der Waals surface area contributed by atoms with Gasteiger partial charge < -0.3 is 0 Å². The Morgan fingerprint density at radius 3 is 2.56 bits per heavy atom. The van der Waals surface area contributed by atoms with Crippen LogP contribution in [0.5, 0.6) is 0 Å². The second kappa shape index (κ2) is 6.38. The number of hydrogen-bond donors (Lipinski definition) is 0. The van der Waals surface area contributed by atoms with Gasteiger partial charge in [0.25, 0.3) is 0 Å². The molecule has 1 aliphatic rings. The third-order valence-electron chi connectivity index (χ3n) is 3.30. The summed E-state index contributed by atoms with van der Waals surface area (Å²) >= 11 is 5.95. The molecule has 18 heavy (non-hydrogen) atoms. The highest BCUT2D eigenvalue weighted by Gasteiger charge is 2.34. The van der Waals surface area contributed by atoms with E-state index in [1.807, 2.05) is 0 Å². The topological polar surface area (TPSA) is 0 Å². The number of allylic oxidation sites excluding steroid dienone is 1. The smallest absolute Gasteiger partial charge is 0.243 e. The zero-order valence-corrected chi connectivity index (χ0v) is 13.5. The van der Waals surface area contributed by atoms with Crippen LogP contribution in [0.3, 0.4) is 0 Å². The van der Waals surface area contributed by atoms with E-state index in [1.54, 1.807) is 0 Å². The third kappa shape index (κ3) is 4.23. The lowest BCUT2D eigenvalue weighted by Crippen LogP contribution is -3.59. The van der Waals surface area contributed by atoms with Crippen LogP contribution < -0.4 is 21.2 Å². The Morgan fingerprint density at radius 2 is 1.94 bits per heavy atom. The van der Waals surface area contributed by atoms with E-state index in [0.717, 1.165) is 12.8 Å². The van der Waals surface area contributed by atoms with E-state index < -0.39 is 5.67 Å². The number of hydrogen-bond acceptors (Lipinski definition) is 0. The van der Waals surface area contributed by atoms with Gasteiger partial charge in [-0.1, -0.05) is 42.1 Å². The molecule has 1 saturated carbocycles. The fourth-order valence-corrected chi connectivity index (χ4v) is 4.46. The van der Waals surface area contributed by atoms with Crippen molar-refractivity contribution < 1.29 is 25.6 Å². The predicted octanol–water partition coefficient (Wildman–Crippen LogP) is 2.01. The Balaban J connectivity index is 1.90. The molecule has 2 rings (SSSR count). The lowest BCUT2D eigenvalue weighted by Gasteiger charge is -2.16. The summed E-state index contributed by atoms with van der Waals surface area (Å²) in [5.74, 6) is 0. The average Bonchev–Trinajstić information content (AvgIpc) is 2.75. The van der Waals surface area contributed by atoms with Crippen molar-refractivity contribution in [3.8, 4) is 0 Å². The summed E-state index contributed by atoms with van der Waals surface area (Å²) in [5, 5.41) is 0.716. The normalized spacial score (nSPS) is 19.2. The van der Waals surface area contributed by atoms with Gasteiger partial charge in [-0.2, -0.15) is 0 Å². The largest absolute Gasteiger partial charge is 0.350 e. The molecule has 0 aliphatic heterocycles. The van der Waals surface area contributed by atoms with Crippen LogP contribution in [0.15, 0.2) is 33.4 Å². The van der Waals surface area contributed by atoms with Crippen molar-refractivity contribution in [2.45, 2.75) is 44.7 Å². The maximum Gasteiger partial charge on any atom is 0.350 e. The second-order valence-electron chi connectivity index (χ2n) is 5.00. The van der Waals surface area contributed by atoms with Crippen LogP contribution in [0.4, 0.5) is 4.39 Å². The predicted molar refractivity (Wildman–Crippen MR) is 70.7 cm³/mol. The molecular formula is C15H18ClFI+. The molecule has 1 aromatic carbocycles. The molecule has 0 bridgehead atoms. The van der Waals surface area contributed by atoms with Gasteiger partial charge in [0.15, 0.2) is 7.65 Å². The molecule has 1 aliphatic carbocycles. The fraction of sp³-hybridized carbons (Fsp3) is 0.467. The summed E-state index contributed by atoms with van der Waals surface area (Å²) in [5.41, 5.74) is 0.247. The summed E-state index contributed by atoms with van der Waals surface area (Å²) in [7, 11) is 0. The Morgan fingerprint density at radius 1 is 1.33 bits per heavy atom. The molecule has 0 unspecified atom stereocenters. The Labute approximate surface area is 124 Å². The molecule has 0 saturated heterocycles. The van der Waals surface area contributed by atoms with Crippen LogP contribution in [0.25, 0.3) is 0 Å². The fourth-order valence-electron chi connectivity index (χ4n) is 2.25. The summed E-state index contributed by atoms with van der Waals surface area (Å²) in [4.78, 5) is 0. The van der Waals surface area contributed by atoms with Crippen molar-refractivity contribution in [2.75, 3.05) is 0 Å². The van der Waals surface area contributed by atoms with Crippen LogP contribution in [0.2, 0.25) is 0 Å². The Bertz CT molecular complexity index is 419. The van der Waals surface area contributed by atoms with Gasteiger partial charge in [0.1, 0.15) is 5.67 Å². The molecule has 0 N–H and O–H groups in total. The average molecular weight is 380 g/mol. The van der Waals surface area contributed by atoms with Gasteiger partial charge in [0.05, 0.1) is 5.03 Å². The van der Waals surface area contributed by atoms with E-state index in [2.05, 4.69) is 35.3 Å². The van der Waals surface area contributed by atoms with Gasteiger partial charge in [-0.05, 0) is 31.9 Å². The van der Waals surface area contributed by atoms with E-state index in [1.165, 1.54) is 9.13 Å². The van der Waals surface area contributed by atoms with Gasteiger partial charge in [-0.25, -0.2) is 4.39 Å². The van der Waals surface area contributed by atoms with Crippen molar-refractivity contribution in [3.63, 3.8) is 0 Å². The number of halogens is 3. The highest BCUT2D eigenvalue weighted by molar-refractivity contribution is 6.29. The van der Waals surface area contributed by atoms with Gasteiger partial charge in [-0.3, -0.25) is 0 Å². The van der Waals surface area contributed by atoms with Crippen LogP contribution in [0.1, 0.15) is 37.7 Å². The zero-order chi connectivity index (χ0) is 13.0. The van der Waals surface area contributed by atoms with Crippen molar-refractivity contribution in [1.82, 2.24) is 0 Å². The van der Waals surface area contributed by atoms with Gasteiger partial charge in [0.2, 0.25) is 0 Å². The molecule has 0 amide bonds. The first-order valence-corrected chi connectivity index (χ1v) is 9.01. The minimum atomic E-state index is -1.02. The number of rotatable bonds is 4. The van der Waals surface area contributed by atoms with Crippen LogP contribution in [-0.4, -0.2) is 5.67 Å². The van der Waals surface area contributed by atoms with Crippen molar-refractivity contribution in [3.05, 3.63) is 42.5 Å². The minimum Gasteiger partial charge on any atom is -0.243 e. The first-order valence-electron chi connectivity index (χ1n) is 6.31. The third-order valence-corrected chi connectivity index (χ3v) is 6.41. The molecule has 98 valence electrons. The van der Waals surface area contributed by atoms with E-state index >= 15 is 0 Å². The van der Waals surface area contributed by atoms with E-state index in [4.69, 9.17) is 11.6 Å². The summed E-state index contributed by atoms with van der Waals surface area (Å²) < 4.78 is 17.6. The van der Waals surface area contributed by atoms with Crippen molar-refractivity contribution in [1.29, 1.82) is 0 Å². The Hall–Kier alpha value is -0.0900. The number of alkyl halides is 1. The van der Waals surface area contributed by atoms with E-state index in [9.17, 15) is 4.39 Å². The number of benzene rings is 1. The van der Waals surface area contributed by atoms with Crippen LogP contribution in [-0.2, 0) is 0 Å². The van der Waals surface area contributed by atoms with Crippen LogP contribution >= 0.6 is 11.6 Å². The van der Waals surface area contributed by atoms with Gasteiger partial charge in [0, 0.05) is 6.42 Å². The summed E-state index contributed by atoms with van der Waals surface area (Å²) in [6.07, 6.45) is 3.79. The first-order chi connectivity index (χ1) is 8.57. The monoisotopic (exact) mass is 379 g/mol. The maximum absolute atomic E-state index is 14.2. The second-order valence-corrected chi connectivity index (χ2v) is 7.97. The molecule has 0 atom stereocenters. The van der Waals surface area contributed by atoms with Gasteiger partial charge >= 0.3 is 21.2 Å². The summed E-state index contributed by atoms with van der Waals surface area (Å²) in [6.45, 7) is 2.08. The Kier molecular flexibility index (Phi) is 5.07. The SMILES string of the molecule is Cc1ccc([I+]/C=C(\Cl)CC2(F)CCCC2)cc1. The quantitative estimate of drug-likeness (QED) is 0.702. The zero-order valence-electron chi connectivity index (χ0n) is 10.6. The van der Waals surface area contributed by atoms with Crippen molar-refractivity contribution in [2.24, 2.45) is 0 Å². The molecule has 0 nitrogen and oxygen atoms in total. The molecule has 3 heteroatoms. The number of aryl methyl sites for hydroxylation is 1. The van der Waals surface area contributed by atoms with Crippen molar-refractivity contribution >= 4 is 11.6 Å². The maximum atomic E-state index is 14.2. The first kappa shape index (κ1) is 14.3. The molecule has 1 aromatic rings.